The maximum absolute atomic E-state index is 12.2. The zero-order valence-corrected chi connectivity index (χ0v) is 14.1. The van der Waals surface area contributed by atoms with Gasteiger partial charge in [-0.15, -0.1) is 0 Å². The number of pyridine rings is 1. The van der Waals surface area contributed by atoms with Crippen LogP contribution in [0.2, 0.25) is 5.02 Å². The van der Waals surface area contributed by atoms with Crippen LogP contribution in [0, 0.1) is 0 Å². The van der Waals surface area contributed by atoms with E-state index in [0.29, 0.717) is 23.1 Å². The number of carbonyl (C=O) groups is 1. The molecule has 24 heavy (non-hydrogen) atoms. The van der Waals surface area contributed by atoms with Crippen molar-refractivity contribution in [3.63, 3.8) is 0 Å². The lowest BCUT2D eigenvalue weighted by atomic mass is 10.0. The van der Waals surface area contributed by atoms with Crippen LogP contribution in [0.3, 0.4) is 0 Å². The second-order valence-corrected chi connectivity index (χ2v) is 6.19. The van der Waals surface area contributed by atoms with Gasteiger partial charge in [0.2, 0.25) is 5.91 Å². The molecule has 1 aromatic carbocycles. The first-order valence-electron chi connectivity index (χ1n) is 8.08. The number of nitrogens with zero attached hydrogens (tertiary/aromatic N) is 1. The molecule has 3 rings (SSSR count). The molecule has 2 aromatic rings. The van der Waals surface area contributed by atoms with E-state index in [9.17, 15) is 4.79 Å². The van der Waals surface area contributed by atoms with Crippen LogP contribution in [0.15, 0.2) is 42.7 Å². The third-order valence-electron chi connectivity index (χ3n) is 3.94. The smallest absolute Gasteiger partial charge is 0.241 e. The average molecular weight is 346 g/mol. The number of halogens is 1. The van der Waals surface area contributed by atoms with Gasteiger partial charge in [0.1, 0.15) is 12.4 Å². The van der Waals surface area contributed by atoms with E-state index >= 15 is 0 Å². The van der Waals surface area contributed by atoms with Crippen molar-refractivity contribution in [1.82, 2.24) is 10.3 Å². The van der Waals surface area contributed by atoms with Crippen LogP contribution < -0.4 is 15.4 Å². The van der Waals surface area contributed by atoms with E-state index in [-0.39, 0.29) is 11.9 Å². The van der Waals surface area contributed by atoms with E-state index < -0.39 is 0 Å². The number of nitrogens with one attached hydrogen (secondary N) is 2. The highest BCUT2D eigenvalue weighted by Gasteiger charge is 2.20. The fourth-order valence-corrected chi connectivity index (χ4v) is 2.88. The SMILES string of the molecule is O=C(Nc1ccc(OCc2cccnc2)c(Cl)c1)[C@H]1CCCCN1. The van der Waals surface area contributed by atoms with Crippen molar-refractivity contribution in [3.05, 3.63) is 53.3 Å². The molecule has 0 bridgehead atoms. The molecule has 1 aromatic heterocycles. The molecule has 1 aliphatic rings. The number of aromatic nitrogens is 1. The zero-order valence-electron chi connectivity index (χ0n) is 13.3. The normalized spacial score (nSPS) is 17.3. The number of amides is 1. The maximum atomic E-state index is 12.2. The Hall–Kier alpha value is -2.11. The van der Waals surface area contributed by atoms with Crippen molar-refractivity contribution < 1.29 is 9.53 Å². The van der Waals surface area contributed by atoms with E-state index in [1.807, 2.05) is 12.1 Å². The molecule has 2 heterocycles. The summed E-state index contributed by atoms with van der Waals surface area (Å²) >= 11 is 6.26. The minimum Gasteiger partial charge on any atom is -0.487 e. The van der Waals surface area contributed by atoms with E-state index in [1.54, 1.807) is 30.6 Å². The summed E-state index contributed by atoms with van der Waals surface area (Å²) < 4.78 is 5.70. The van der Waals surface area contributed by atoms with Crippen molar-refractivity contribution in [1.29, 1.82) is 0 Å². The minimum atomic E-state index is -0.126. The largest absolute Gasteiger partial charge is 0.487 e. The highest BCUT2D eigenvalue weighted by atomic mass is 35.5. The van der Waals surface area contributed by atoms with Gasteiger partial charge in [-0.05, 0) is 43.7 Å². The molecular weight excluding hydrogens is 326 g/mol. The van der Waals surface area contributed by atoms with Gasteiger partial charge in [0.25, 0.3) is 0 Å². The Morgan fingerprint density at radius 2 is 2.29 bits per heavy atom. The molecule has 0 radical (unpaired) electrons. The number of benzene rings is 1. The first kappa shape index (κ1) is 16.7. The van der Waals surface area contributed by atoms with Gasteiger partial charge in [-0.25, -0.2) is 0 Å². The molecule has 5 nitrogen and oxygen atoms in total. The number of hydrogen-bond donors (Lipinski definition) is 2. The van der Waals surface area contributed by atoms with Gasteiger partial charge in [-0.1, -0.05) is 24.1 Å². The highest BCUT2D eigenvalue weighted by Crippen LogP contribution is 2.28. The van der Waals surface area contributed by atoms with Crippen LogP contribution in [0.25, 0.3) is 0 Å². The van der Waals surface area contributed by atoms with Gasteiger partial charge in [0.15, 0.2) is 0 Å². The maximum Gasteiger partial charge on any atom is 0.241 e. The number of rotatable bonds is 5. The molecule has 1 fully saturated rings. The molecule has 1 amide bonds. The first-order valence-corrected chi connectivity index (χ1v) is 8.46. The predicted octanol–water partition coefficient (Wildman–Crippen LogP) is 3.39. The average Bonchev–Trinajstić information content (AvgIpc) is 2.62. The van der Waals surface area contributed by atoms with Crippen molar-refractivity contribution in [2.24, 2.45) is 0 Å². The van der Waals surface area contributed by atoms with Gasteiger partial charge >= 0.3 is 0 Å². The van der Waals surface area contributed by atoms with Crippen LogP contribution in [0.1, 0.15) is 24.8 Å². The minimum absolute atomic E-state index is 0.0187. The molecule has 0 spiro atoms. The number of anilines is 1. The van der Waals surface area contributed by atoms with Crippen molar-refractivity contribution >= 4 is 23.2 Å². The van der Waals surface area contributed by atoms with Crippen LogP contribution in [0.4, 0.5) is 5.69 Å². The van der Waals surface area contributed by atoms with Gasteiger partial charge in [-0.3, -0.25) is 9.78 Å². The summed E-state index contributed by atoms with van der Waals surface area (Å²) in [5.74, 6) is 0.559. The molecule has 0 saturated carbocycles. The standard InChI is InChI=1S/C18H20ClN3O2/c19-15-10-14(22-18(23)16-5-1-2-9-21-16)6-7-17(15)24-12-13-4-3-8-20-11-13/h3-4,6-8,10-11,16,21H,1-2,5,9,12H2,(H,22,23)/t16-/m1/s1. The van der Waals surface area contributed by atoms with E-state index in [0.717, 1.165) is 31.4 Å². The van der Waals surface area contributed by atoms with Gasteiger partial charge < -0.3 is 15.4 Å². The number of hydrogen-bond acceptors (Lipinski definition) is 4. The molecule has 0 aliphatic carbocycles. The fraction of sp³-hybridized carbons (Fsp3) is 0.333. The molecule has 1 atom stereocenters. The fourth-order valence-electron chi connectivity index (χ4n) is 2.65. The lowest BCUT2D eigenvalue weighted by Gasteiger charge is -2.22. The Bertz CT molecular complexity index is 688. The Morgan fingerprint density at radius 1 is 1.38 bits per heavy atom. The van der Waals surface area contributed by atoms with Crippen molar-refractivity contribution in [2.45, 2.75) is 31.9 Å². The summed E-state index contributed by atoms with van der Waals surface area (Å²) in [6, 6.07) is 8.94. The highest BCUT2D eigenvalue weighted by molar-refractivity contribution is 6.32. The Morgan fingerprint density at radius 3 is 3.00 bits per heavy atom. The molecule has 1 saturated heterocycles. The second-order valence-electron chi connectivity index (χ2n) is 5.79. The lowest BCUT2D eigenvalue weighted by molar-refractivity contribution is -0.118. The molecule has 6 heteroatoms. The summed E-state index contributed by atoms with van der Waals surface area (Å²) in [5, 5.41) is 6.60. The summed E-state index contributed by atoms with van der Waals surface area (Å²) in [4.78, 5) is 16.3. The van der Waals surface area contributed by atoms with Crippen LogP contribution >= 0.6 is 11.6 Å². The molecular formula is C18H20ClN3O2. The number of ether oxygens (including phenoxy) is 1. The summed E-state index contributed by atoms with van der Waals surface area (Å²) in [6.45, 7) is 1.28. The summed E-state index contributed by atoms with van der Waals surface area (Å²) in [7, 11) is 0. The molecule has 126 valence electrons. The Balaban J connectivity index is 1.58. The van der Waals surface area contributed by atoms with Crippen molar-refractivity contribution in [3.8, 4) is 5.75 Å². The first-order chi connectivity index (χ1) is 11.7. The van der Waals surface area contributed by atoms with Gasteiger partial charge in [-0.2, -0.15) is 0 Å². The van der Waals surface area contributed by atoms with E-state index in [1.165, 1.54) is 0 Å². The topological polar surface area (TPSA) is 63.2 Å². The molecule has 0 unspecified atom stereocenters. The lowest BCUT2D eigenvalue weighted by Crippen LogP contribution is -2.43. The Kier molecular flexibility index (Phi) is 5.67. The third-order valence-corrected chi connectivity index (χ3v) is 4.24. The Labute approximate surface area is 146 Å². The quantitative estimate of drug-likeness (QED) is 0.871. The number of piperidine rings is 1. The van der Waals surface area contributed by atoms with E-state index in [2.05, 4.69) is 15.6 Å². The van der Waals surface area contributed by atoms with Crippen LogP contribution in [-0.2, 0) is 11.4 Å². The third kappa shape index (κ3) is 4.46. The summed E-state index contributed by atoms with van der Waals surface area (Å²) in [5.41, 5.74) is 1.64. The van der Waals surface area contributed by atoms with Crippen LogP contribution in [-0.4, -0.2) is 23.5 Å². The van der Waals surface area contributed by atoms with Gasteiger partial charge in [0, 0.05) is 23.6 Å². The molecule has 1 aliphatic heterocycles. The zero-order chi connectivity index (χ0) is 16.8. The van der Waals surface area contributed by atoms with Crippen molar-refractivity contribution in [2.75, 3.05) is 11.9 Å². The van der Waals surface area contributed by atoms with Crippen LogP contribution in [0.5, 0.6) is 5.75 Å². The van der Waals surface area contributed by atoms with E-state index in [4.69, 9.17) is 16.3 Å². The predicted molar refractivity (Wildman–Crippen MR) is 94.3 cm³/mol. The molecule has 2 N–H and O–H groups in total. The van der Waals surface area contributed by atoms with Gasteiger partial charge in [0.05, 0.1) is 11.1 Å². The second kappa shape index (κ2) is 8.13. The monoisotopic (exact) mass is 345 g/mol. The number of carbonyl (C=O) groups excluding carboxylic acids is 1. The summed E-state index contributed by atoms with van der Waals surface area (Å²) in [6.07, 6.45) is 6.53.